The fourth-order valence-corrected chi connectivity index (χ4v) is 3.40. The van der Waals surface area contributed by atoms with Crippen LogP contribution in [0.1, 0.15) is 42.3 Å². The summed E-state index contributed by atoms with van der Waals surface area (Å²) in [6.07, 6.45) is 4.51. The summed E-state index contributed by atoms with van der Waals surface area (Å²) in [7, 11) is 0. The van der Waals surface area contributed by atoms with Crippen molar-refractivity contribution in [1.82, 2.24) is 25.8 Å². The maximum absolute atomic E-state index is 12.0. The lowest BCUT2D eigenvalue weighted by Crippen LogP contribution is -2.54. The highest BCUT2D eigenvalue weighted by atomic mass is 16.3. The number of carbonyl (C=O) groups excluding carboxylic acids is 2. The normalized spacial score (nSPS) is 17.7. The zero-order valence-electron chi connectivity index (χ0n) is 18.1. The van der Waals surface area contributed by atoms with Gasteiger partial charge >= 0.3 is 0 Å². The Bertz CT molecular complexity index is 735. The van der Waals surface area contributed by atoms with Crippen molar-refractivity contribution in [2.75, 3.05) is 52.4 Å². The van der Waals surface area contributed by atoms with E-state index in [0.717, 1.165) is 63.5 Å². The van der Waals surface area contributed by atoms with Gasteiger partial charge in [-0.15, -0.1) is 0 Å². The molecule has 1 saturated carbocycles. The molecular weight excluding hydrogens is 384 g/mol. The SMILES string of the molecule is CCNC(=NCCCNC(=O)c1occc1C)N1CCN(CC(=O)NC2CC2)CC1. The third-order valence-electron chi connectivity index (χ3n) is 5.27. The maximum atomic E-state index is 12.0. The summed E-state index contributed by atoms with van der Waals surface area (Å²) in [4.78, 5) is 33.2. The lowest BCUT2D eigenvalue weighted by molar-refractivity contribution is -0.122. The van der Waals surface area contributed by atoms with E-state index >= 15 is 0 Å². The molecule has 3 rings (SSSR count). The number of hydrogen-bond acceptors (Lipinski definition) is 5. The van der Waals surface area contributed by atoms with Crippen LogP contribution in [0, 0.1) is 6.92 Å². The fourth-order valence-electron chi connectivity index (χ4n) is 3.40. The van der Waals surface area contributed by atoms with E-state index in [9.17, 15) is 9.59 Å². The van der Waals surface area contributed by atoms with Gasteiger partial charge in [0.25, 0.3) is 5.91 Å². The summed E-state index contributed by atoms with van der Waals surface area (Å²) in [5.74, 6) is 1.22. The second-order valence-electron chi connectivity index (χ2n) is 7.88. The minimum atomic E-state index is -0.185. The molecule has 0 radical (unpaired) electrons. The van der Waals surface area contributed by atoms with Crippen molar-refractivity contribution >= 4 is 17.8 Å². The Morgan fingerprint density at radius 3 is 2.60 bits per heavy atom. The molecule has 1 aromatic rings. The zero-order chi connectivity index (χ0) is 21.3. The first-order chi connectivity index (χ1) is 14.6. The minimum absolute atomic E-state index is 0.137. The molecule has 30 heavy (non-hydrogen) atoms. The second kappa shape index (κ2) is 11.0. The van der Waals surface area contributed by atoms with Crippen molar-refractivity contribution in [2.24, 2.45) is 4.99 Å². The summed E-state index contributed by atoms with van der Waals surface area (Å²) < 4.78 is 5.20. The van der Waals surface area contributed by atoms with Crippen LogP contribution >= 0.6 is 0 Å². The Labute approximate surface area is 178 Å². The highest BCUT2D eigenvalue weighted by Gasteiger charge is 2.25. The molecule has 9 heteroatoms. The van der Waals surface area contributed by atoms with Gasteiger partial charge in [-0.1, -0.05) is 0 Å². The van der Waals surface area contributed by atoms with Gasteiger partial charge in [0.05, 0.1) is 12.8 Å². The Kier molecular flexibility index (Phi) is 8.12. The number of rotatable bonds is 9. The van der Waals surface area contributed by atoms with Gasteiger partial charge in [-0.2, -0.15) is 0 Å². The van der Waals surface area contributed by atoms with Crippen LogP contribution in [0.25, 0.3) is 0 Å². The van der Waals surface area contributed by atoms with E-state index in [2.05, 4.69) is 32.7 Å². The number of carbonyl (C=O) groups is 2. The average molecular weight is 419 g/mol. The molecule has 2 amide bonds. The maximum Gasteiger partial charge on any atom is 0.287 e. The van der Waals surface area contributed by atoms with E-state index in [1.807, 2.05) is 6.92 Å². The Balaban J connectivity index is 1.37. The highest BCUT2D eigenvalue weighted by Crippen LogP contribution is 2.18. The average Bonchev–Trinajstić information content (AvgIpc) is 3.43. The van der Waals surface area contributed by atoms with Crippen LogP contribution in [-0.2, 0) is 4.79 Å². The van der Waals surface area contributed by atoms with Gasteiger partial charge in [-0.3, -0.25) is 19.5 Å². The fraction of sp³-hybridized carbons (Fsp3) is 0.667. The van der Waals surface area contributed by atoms with E-state index in [4.69, 9.17) is 9.41 Å². The first-order valence-electron chi connectivity index (χ1n) is 10.9. The van der Waals surface area contributed by atoms with Gasteiger partial charge in [0, 0.05) is 57.4 Å². The summed E-state index contributed by atoms with van der Waals surface area (Å²) in [5, 5.41) is 9.27. The molecule has 166 valence electrons. The molecule has 2 heterocycles. The van der Waals surface area contributed by atoms with Crippen LogP contribution in [0.2, 0.25) is 0 Å². The van der Waals surface area contributed by atoms with Gasteiger partial charge in [0.1, 0.15) is 0 Å². The van der Waals surface area contributed by atoms with E-state index < -0.39 is 0 Å². The molecule has 3 N–H and O–H groups in total. The quantitative estimate of drug-likeness (QED) is 0.308. The minimum Gasteiger partial charge on any atom is -0.459 e. The number of hydrogen-bond donors (Lipinski definition) is 3. The molecule has 1 aromatic heterocycles. The van der Waals surface area contributed by atoms with Crippen molar-refractivity contribution in [2.45, 2.75) is 39.2 Å². The Morgan fingerprint density at radius 1 is 1.20 bits per heavy atom. The van der Waals surface area contributed by atoms with Crippen molar-refractivity contribution in [3.8, 4) is 0 Å². The molecule has 9 nitrogen and oxygen atoms in total. The number of nitrogens with one attached hydrogen (secondary N) is 3. The van der Waals surface area contributed by atoms with Crippen LogP contribution in [0.5, 0.6) is 0 Å². The summed E-state index contributed by atoms with van der Waals surface area (Å²) in [6.45, 7) is 9.75. The van der Waals surface area contributed by atoms with Crippen LogP contribution in [0.3, 0.4) is 0 Å². The predicted octanol–water partition coefficient (Wildman–Crippen LogP) is 0.570. The third kappa shape index (κ3) is 6.76. The van der Waals surface area contributed by atoms with E-state index in [-0.39, 0.29) is 11.8 Å². The molecule has 0 bridgehead atoms. The topological polar surface area (TPSA) is 102 Å². The van der Waals surface area contributed by atoms with E-state index in [1.165, 1.54) is 6.26 Å². The first-order valence-corrected chi connectivity index (χ1v) is 10.9. The van der Waals surface area contributed by atoms with Crippen molar-refractivity contribution in [1.29, 1.82) is 0 Å². The molecule has 2 fully saturated rings. The van der Waals surface area contributed by atoms with Gasteiger partial charge in [0.15, 0.2) is 11.7 Å². The van der Waals surface area contributed by atoms with Crippen LogP contribution in [0.15, 0.2) is 21.7 Å². The Hall–Kier alpha value is -2.55. The molecule has 0 unspecified atom stereocenters. The third-order valence-corrected chi connectivity index (χ3v) is 5.27. The summed E-state index contributed by atoms with van der Waals surface area (Å²) >= 11 is 0. The van der Waals surface area contributed by atoms with Gasteiger partial charge in [-0.25, -0.2) is 0 Å². The number of piperazine rings is 1. The summed E-state index contributed by atoms with van der Waals surface area (Å²) in [6, 6.07) is 2.19. The molecule has 0 aromatic carbocycles. The molecule has 0 atom stereocenters. The predicted molar refractivity (Wildman–Crippen MR) is 116 cm³/mol. The Morgan fingerprint density at radius 2 is 1.97 bits per heavy atom. The lowest BCUT2D eigenvalue weighted by Gasteiger charge is -2.36. The summed E-state index contributed by atoms with van der Waals surface area (Å²) in [5.41, 5.74) is 0.837. The van der Waals surface area contributed by atoms with Crippen molar-refractivity contribution < 1.29 is 14.0 Å². The molecule has 2 aliphatic rings. The number of furan rings is 1. The first kappa shape index (κ1) is 22.1. The molecule has 1 saturated heterocycles. The smallest absolute Gasteiger partial charge is 0.287 e. The molecule has 1 aliphatic heterocycles. The second-order valence-corrected chi connectivity index (χ2v) is 7.88. The van der Waals surface area contributed by atoms with Gasteiger partial charge < -0.3 is 25.3 Å². The van der Waals surface area contributed by atoms with E-state index in [1.54, 1.807) is 6.07 Å². The highest BCUT2D eigenvalue weighted by molar-refractivity contribution is 5.92. The van der Waals surface area contributed by atoms with Gasteiger partial charge in [-0.05, 0) is 39.2 Å². The van der Waals surface area contributed by atoms with Crippen LogP contribution < -0.4 is 16.0 Å². The molecular formula is C21H34N6O3. The standard InChI is InChI=1S/C21H34N6O3/c1-3-22-21(24-9-4-8-23-20(29)19-16(2)7-14-30-19)27-12-10-26(11-13-27)15-18(28)25-17-5-6-17/h7,14,17H,3-6,8-13,15H2,1-2H3,(H,22,24)(H,23,29)(H,25,28). The lowest BCUT2D eigenvalue weighted by atomic mass is 10.2. The zero-order valence-corrected chi connectivity index (χ0v) is 18.1. The van der Waals surface area contributed by atoms with Crippen LogP contribution in [0.4, 0.5) is 0 Å². The molecule has 0 spiro atoms. The number of aryl methyl sites for hydroxylation is 1. The number of guanidine groups is 1. The number of nitrogens with zero attached hydrogens (tertiary/aromatic N) is 3. The van der Waals surface area contributed by atoms with Crippen molar-refractivity contribution in [3.63, 3.8) is 0 Å². The largest absolute Gasteiger partial charge is 0.459 e. The number of aliphatic imine (C=N–C) groups is 1. The van der Waals surface area contributed by atoms with E-state index in [0.29, 0.717) is 31.4 Å². The van der Waals surface area contributed by atoms with Crippen molar-refractivity contribution in [3.05, 3.63) is 23.7 Å². The van der Waals surface area contributed by atoms with Gasteiger partial charge in [0.2, 0.25) is 5.91 Å². The monoisotopic (exact) mass is 418 g/mol. The number of amides is 2. The van der Waals surface area contributed by atoms with Crippen LogP contribution in [-0.4, -0.2) is 86.0 Å². The molecule has 1 aliphatic carbocycles.